The largest absolute Gasteiger partial charge is 0.508 e. The Hall–Kier alpha value is -2.04. The number of carbonyl (C=O) groups is 2. The van der Waals surface area contributed by atoms with E-state index in [9.17, 15) is 14.7 Å². The van der Waals surface area contributed by atoms with Crippen molar-refractivity contribution in [2.24, 2.45) is 0 Å². The molecule has 0 amide bonds. The fourth-order valence-electron chi connectivity index (χ4n) is 1.62. The average molecular weight is 238 g/mol. The highest BCUT2D eigenvalue weighted by Crippen LogP contribution is 2.30. The summed E-state index contributed by atoms with van der Waals surface area (Å²) in [5.41, 5.74) is 0.445. The predicted octanol–water partition coefficient (Wildman–Crippen LogP) is 1.51. The second kappa shape index (κ2) is 5.89. The Morgan fingerprint density at radius 3 is 2.47 bits per heavy atom. The lowest BCUT2D eigenvalue weighted by atomic mass is 9.92. The number of aromatic hydroxyl groups is 1. The van der Waals surface area contributed by atoms with Crippen molar-refractivity contribution in [3.8, 4) is 5.75 Å². The molecule has 0 heterocycles. The number of carbonyl (C=O) groups excluding carboxylic acids is 1. The van der Waals surface area contributed by atoms with Crippen molar-refractivity contribution in [3.05, 3.63) is 29.8 Å². The molecule has 1 unspecified atom stereocenters. The van der Waals surface area contributed by atoms with Gasteiger partial charge in [0, 0.05) is 5.92 Å². The number of hydrogen-bond acceptors (Lipinski definition) is 4. The minimum Gasteiger partial charge on any atom is -0.508 e. The van der Waals surface area contributed by atoms with Gasteiger partial charge < -0.3 is 14.9 Å². The smallest absolute Gasteiger partial charge is 0.306 e. The van der Waals surface area contributed by atoms with Crippen LogP contribution in [0.1, 0.15) is 24.3 Å². The van der Waals surface area contributed by atoms with Gasteiger partial charge in [-0.05, 0) is 11.6 Å². The van der Waals surface area contributed by atoms with E-state index in [0.717, 1.165) is 0 Å². The molecular weight excluding hydrogens is 224 g/mol. The molecule has 1 aromatic rings. The van der Waals surface area contributed by atoms with Crippen molar-refractivity contribution >= 4 is 11.9 Å². The zero-order chi connectivity index (χ0) is 12.8. The number of phenols is 1. The lowest BCUT2D eigenvalue weighted by Crippen LogP contribution is -2.12. The fraction of sp³-hybridized carbons (Fsp3) is 0.333. The van der Waals surface area contributed by atoms with Gasteiger partial charge in [0.2, 0.25) is 0 Å². The normalized spacial score (nSPS) is 11.8. The summed E-state index contributed by atoms with van der Waals surface area (Å²) in [4.78, 5) is 21.9. The Labute approximate surface area is 98.6 Å². The van der Waals surface area contributed by atoms with Gasteiger partial charge in [0.25, 0.3) is 0 Å². The summed E-state index contributed by atoms with van der Waals surface area (Å²) in [6.45, 7) is 0. The van der Waals surface area contributed by atoms with Crippen molar-refractivity contribution in [2.45, 2.75) is 18.8 Å². The maximum absolute atomic E-state index is 11.2. The van der Waals surface area contributed by atoms with Gasteiger partial charge >= 0.3 is 11.9 Å². The topological polar surface area (TPSA) is 83.8 Å². The molecule has 0 aliphatic carbocycles. The van der Waals surface area contributed by atoms with Gasteiger partial charge in [-0.3, -0.25) is 9.59 Å². The number of aliphatic carboxylic acids is 1. The van der Waals surface area contributed by atoms with Crippen LogP contribution in [0.4, 0.5) is 0 Å². The standard InChI is InChI=1S/C12H14O5/c1-17-12(16)7-8(6-11(14)15)9-4-2-3-5-10(9)13/h2-5,8,13H,6-7H2,1H3,(H,14,15). The first-order valence-corrected chi connectivity index (χ1v) is 5.11. The molecule has 17 heavy (non-hydrogen) atoms. The number of hydrogen-bond donors (Lipinski definition) is 2. The molecular formula is C12H14O5. The first-order chi connectivity index (χ1) is 8.04. The van der Waals surface area contributed by atoms with Crippen LogP contribution in [-0.2, 0) is 14.3 Å². The van der Waals surface area contributed by atoms with E-state index in [0.29, 0.717) is 5.56 Å². The molecule has 1 aromatic carbocycles. The highest BCUT2D eigenvalue weighted by atomic mass is 16.5. The number of para-hydroxylation sites is 1. The maximum Gasteiger partial charge on any atom is 0.306 e. The van der Waals surface area contributed by atoms with E-state index in [-0.39, 0.29) is 18.6 Å². The molecule has 2 N–H and O–H groups in total. The Morgan fingerprint density at radius 2 is 1.94 bits per heavy atom. The molecule has 0 bridgehead atoms. The monoisotopic (exact) mass is 238 g/mol. The van der Waals surface area contributed by atoms with E-state index in [2.05, 4.69) is 4.74 Å². The molecule has 5 heteroatoms. The van der Waals surface area contributed by atoms with Gasteiger partial charge in [-0.2, -0.15) is 0 Å². The summed E-state index contributed by atoms with van der Waals surface area (Å²) in [6, 6.07) is 6.38. The summed E-state index contributed by atoms with van der Waals surface area (Å²) in [6.07, 6.45) is -0.299. The van der Waals surface area contributed by atoms with Crippen molar-refractivity contribution in [1.82, 2.24) is 0 Å². The van der Waals surface area contributed by atoms with E-state index in [1.165, 1.54) is 13.2 Å². The molecule has 0 aliphatic rings. The van der Waals surface area contributed by atoms with Crippen molar-refractivity contribution in [2.75, 3.05) is 7.11 Å². The van der Waals surface area contributed by atoms with Gasteiger partial charge in [0.1, 0.15) is 5.75 Å². The van der Waals surface area contributed by atoms with Gasteiger partial charge in [-0.1, -0.05) is 18.2 Å². The quantitative estimate of drug-likeness (QED) is 0.760. The van der Waals surface area contributed by atoms with Crippen molar-refractivity contribution in [3.63, 3.8) is 0 Å². The molecule has 0 aromatic heterocycles. The summed E-state index contributed by atoms with van der Waals surface area (Å²) < 4.78 is 4.51. The number of rotatable bonds is 5. The summed E-state index contributed by atoms with van der Waals surface area (Å²) >= 11 is 0. The highest BCUT2D eigenvalue weighted by Gasteiger charge is 2.22. The molecule has 5 nitrogen and oxygen atoms in total. The molecule has 0 saturated carbocycles. The molecule has 0 saturated heterocycles. The lowest BCUT2D eigenvalue weighted by Gasteiger charge is -2.15. The van der Waals surface area contributed by atoms with E-state index >= 15 is 0 Å². The Bertz CT molecular complexity index is 413. The molecule has 1 atom stereocenters. The van der Waals surface area contributed by atoms with Crippen LogP contribution in [0.25, 0.3) is 0 Å². The van der Waals surface area contributed by atoms with Gasteiger partial charge in [-0.25, -0.2) is 0 Å². The third kappa shape index (κ3) is 3.79. The van der Waals surface area contributed by atoms with Crippen LogP contribution >= 0.6 is 0 Å². The number of phenolic OH excluding ortho intramolecular Hbond substituents is 1. The van der Waals surface area contributed by atoms with Crippen LogP contribution in [0.15, 0.2) is 24.3 Å². The average Bonchev–Trinajstić information content (AvgIpc) is 2.28. The zero-order valence-corrected chi connectivity index (χ0v) is 9.42. The lowest BCUT2D eigenvalue weighted by molar-refractivity contribution is -0.141. The Balaban J connectivity index is 2.93. The van der Waals surface area contributed by atoms with E-state index in [4.69, 9.17) is 5.11 Å². The van der Waals surface area contributed by atoms with Crippen molar-refractivity contribution in [1.29, 1.82) is 0 Å². The Morgan fingerprint density at radius 1 is 1.29 bits per heavy atom. The van der Waals surface area contributed by atoms with E-state index < -0.39 is 17.9 Å². The Kier molecular flexibility index (Phi) is 4.51. The van der Waals surface area contributed by atoms with Gasteiger partial charge in [0.15, 0.2) is 0 Å². The van der Waals surface area contributed by atoms with Crippen LogP contribution in [-0.4, -0.2) is 29.3 Å². The predicted molar refractivity (Wildman–Crippen MR) is 59.7 cm³/mol. The van der Waals surface area contributed by atoms with Gasteiger partial charge in [-0.15, -0.1) is 0 Å². The first-order valence-electron chi connectivity index (χ1n) is 5.11. The summed E-state index contributed by atoms with van der Waals surface area (Å²) in [5, 5.41) is 18.4. The first kappa shape index (κ1) is 13.0. The molecule has 0 spiro atoms. The highest BCUT2D eigenvalue weighted by molar-refractivity contribution is 5.74. The van der Waals surface area contributed by atoms with Crippen LogP contribution < -0.4 is 0 Å². The number of ether oxygens (including phenoxy) is 1. The van der Waals surface area contributed by atoms with Crippen molar-refractivity contribution < 1.29 is 24.5 Å². The maximum atomic E-state index is 11.2. The van der Waals surface area contributed by atoms with Crippen LogP contribution in [0.3, 0.4) is 0 Å². The SMILES string of the molecule is COC(=O)CC(CC(=O)O)c1ccccc1O. The minimum atomic E-state index is -1.03. The zero-order valence-electron chi connectivity index (χ0n) is 9.42. The number of esters is 1. The molecule has 1 rings (SSSR count). The summed E-state index contributed by atoms with van der Waals surface area (Å²) in [5.74, 6) is -2.12. The van der Waals surface area contributed by atoms with E-state index in [1.807, 2.05) is 0 Å². The number of carboxylic acids is 1. The molecule has 0 aliphatic heterocycles. The number of methoxy groups -OCH3 is 1. The minimum absolute atomic E-state index is 0.0114. The fourth-order valence-corrected chi connectivity index (χ4v) is 1.62. The molecule has 92 valence electrons. The number of benzene rings is 1. The second-order valence-electron chi connectivity index (χ2n) is 3.63. The molecule has 0 radical (unpaired) electrons. The second-order valence-corrected chi connectivity index (χ2v) is 3.63. The third-order valence-corrected chi connectivity index (χ3v) is 2.44. The third-order valence-electron chi connectivity index (χ3n) is 2.44. The number of carboxylic acid groups (broad SMARTS) is 1. The van der Waals surface area contributed by atoms with Crippen LogP contribution in [0.2, 0.25) is 0 Å². The van der Waals surface area contributed by atoms with E-state index in [1.54, 1.807) is 18.2 Å². The van der Waals surface area contributed by atoms with Crippen LogP contribution in [0.5, 0.6) is 5.75 Å². The molecule has 0 fully saturated rings. The van der Waals surface area contributed by atoms with Crippen LogP contribution in [0, 0.1) is 0 Å². The summed E-state index contributed by atoms with van der Waals surface area (Å²) in [7, 11) is 1.24. The van der Waals surface area contributed by atoms with Gasteiger partial charge in [0.05, 0.1) is 20.0 Å².